The van der Waals surface area contributed by atoms with Gasteiger partial charge < -0.3 is 10.8 Å². The molecule has 3 rings (SSSR count). The van der Waals surface area contributed by atoms with Crippen LogP contribution in [0.5, 0.6) is 0 Å². The van der Waals surface area contributed by atoms with E-state index in [1.54, 1.807) is 24.3 Å². The molecular weight excluding hydrogens is 304 g/mol. The first-order valence-electron chi connectivity index (χ1n) is 7.46. The zero-order chi connectivity index (χ0) is 17.3. The summed E-state index contributed by atoms with van der Waals surface area (Å²) in [7, 11) is 0. The number of carbonyl (C=O) groups is 2. The fourth-order valence-electron chi connectivity index (χ4n) is 2.60. The first-order valence-corrected chi connectivity index (χ1v) is 7.46. The largest absolute Gasteiger partial charge is 0.478 e. The van der Waals surface area contributed by atoms with Crippen LogP contribution < -0.4 is 5.73 Å². The quantitative estimate of drug-likeness (QED) is 0.906. The van der Waals surface area contributed by atoms with Crippen molar-refractivity contribution in [1.29, 1.82) is 0 Å². The Morgan fingerprint density at radius 3 is 2.38 bits per heavy atom. The minimum atomic E-state index is -0.956. The van der Waals surface area contributed by atoms with E-state index in [1.165, 1.54) is 6.92 Å². The Labute approximate surface area is 139 Å². The van der Waals surface area contributed by atoms with E-state index in [0.717, 1.165) is 16.7 Å². The molecule has 0 fully saturated rings. The van der Waals surface area contributed by atoms with Crippen molar-refractivity contribution < 1.29 is 14.7 Å². The molecule has 0 aromatic heterocycles. The Bertz CT molecular complexity index is 893. The third-order valence-electron chi connectivity index (χ3n) is 3.91. The highest BCUT2D eigenvalue weighted by molar-refractivity contribution is 6.05. The van der Waals surface area contributed by atoms with Crippen molar-refractivity contribution in [2.24, 2.45) is 10.7 Å². The highest BCUT2D eigenvalue weighted by Gasteiger charge is 2.14. The topological polar surface area (TPSA) is 92.8 Å². The van der Waals surface area contributed by atoms with Crippen LogP contribution in [-0.2, 0) is 4.79 Å². The van der Waals surface area contributed by atoms with Crippen molar-refractivity contribution in [1.82, 2.24) is 0 Å². The highest BCUT2D eigenvalue weighted by Crippen LogP contribution is 2.31. The summed E-state index contributed by atoms with van der Waals surface area (Å²) in [5.41, 5.74) is 10.1. The average molecular weight is 320 g/mol. The lowest BCUT2D eigenvalue weighted by Gasteiger charge is -2.06. The molecule has 0 saturated carbocycles. The van der Waals surface area contributed by atoms with Crippen molar-refractivity contribution >= 4 is 29.4 Å². The van der Waals surface area contributed by atoms with E-state index in [9.17, 15) is 9.59 Å². The Morgan fingerprint density at radius 2 is 1.75 bits per heavy atom. The molecule has 0 amide bonds. The van der Waals surface area contributed by atoms with Crippen LogP contribution in [0.1, 0.15) is 29.3 Å². The van der Waals surface area contributed by atoms with E-state index >= 15 is 0 Å². The molecule has 120 valence electrons. The van der Waals surface area contributed by atoms with E-state index < -0.39 is 5.97 Å². The Kier molecular flexibility index (Phi) is 4.00. The number of ketones is 1. The van der Waals surface area contributed by atoms with E-state index in [4.69, 9.17) is 10.8 Å². The summed E-state index contributed by atoms with van der Waals surface area (Å²) in [5.74, 6) is -0.578. The van der Waals surface area contributed by atoms with Gasteiger partial charge in [0.1, 0.15) is 5.84 Å². The Balaban J connectivity index is 2.04. The standard InChI is InChI=1S/C19H16N2O3/c1-11(22)16-8-15-7-6-14(9-17(15)21-18(20)10-16)12-2-4-13(5-3-12)19(23)24/h2-9H,10H2,1H3,(H2,20,21)(H,23,24). The molecule has 2 aromatic rings. The summed E-state index contributed by atoms with van der Waals surface area (Å²) in [6.45, 7) is 1.52. The van der Waals surface area contributed by atoms with Gasteiger partial charge in [-0.05, 0) is 42.3 Å². The van der Waals surface area contributed by atoms with Gasteiger partial charge in [-0.15, -0.1) is 0 Å². The normalized spacial score (nSPS) is 13.4. The lowest BCUT2D eigenvalue weighted by molar-refractivity contribution is -0.113. The second-order valence-corrected chi connectivity index (χ2v) is 5.66. The van der Waals surface area contributed by atoms with Crippen molar-refractivity contribution in [3.63, 3.8) is 0 Å². The molecular formula is C19H16N2O3. The first kappa shape index (κ1) is 15.7. The number of amidine groups is 1. The number of hydrogen-bond acceptors (Lipinski definition) is 4. The maximum Gasteiger partial charge on any atom is 0.335 e. The minimum absolute atomic E-state index is 0.0191. The zero-order valence-electron chi connectivity index (χ0n) is 13.1. The number of aliphatic imine (C=N–C) groups is 1. The van der Waals surface area contributed by atoms with Crippen molar-refractivity contribution in [2.75, 3.05) is 0 Å². The van der Waals surface area contributed by atoms with Crippen molar-refractivity contribution in [3.05, 3.63) is 59.2 Å². The first-order chi connectivity index (χ1) is 11.4. The van der Waals surface area contributed by atoms with Crippen LogP contribution in [0.4, 0.5) is 5.69 Å². The molecule has 5 heteroatoms. The number of Topliss-reactive ketones (excluding diaryl/α,β-unsaturated/α-hetero) is 1. The minimum Gasteiger partial charge on any atom is -0.478 e. The molecule has 2 aromatic carbocycles. The maximum absolute atomic E-state index is 11.7. The number of rotatable bonds is 3. The van der Waals surface area contributed by atoms with Gasteiger partial charge in [-0.1, -0.05) is 24.3 Å². The number of fused-ring (bicyclic) bond motifs is 1. The number of carboxylic acid groups (broad SMARTS) is 1. The summed E-state index contributed by atoms with van der Waals surface area (Å²) in [4.78, 5) is 27.0. The summed E-state index contributed by atoms with van der Waals surface area (Å²) in [6.07, 6.45) is 2.16. The molecule has 0 unspecified atom stereocenters. The summed E-state index contributed by atoms with van der Waals surface area (Å²) in [6, 6.07) is 12.3. The summed E-state index contributed by atoms with van der Waals surface area (Å²) < 4.78 is 0. The van der Waals surface area contributed by atoms with Gasteiger partial charge in [-0.3, -0.25) is 4.79 Å². The molecule has 0 bridgehead atoms. The number of benzene rings is 2. The zero-order valence-corrected chi connectivity index (χ0v) is 13.1. The number of hydrogen-bond donors (Lipinski definition) is 2. The van der Waals surface area contributed by atoms with Crippen molar-refractivity contribution in [3.8, 4) is 11.1 Å². The summed E-state index contributed by atoms with van der Waals surface area (Å²) >= 11 is 0. The Morgan fingerprint density at radius 1 is 1.08 bits per heavy atom. The predicted molar refractivity (Wildman–Crippen MR) is 93.4 cm³/mol. The molecule has 5 nitrogen and oxygen atoms in total. The molecule has 1 heterocycles. The van der Waals surface area contributed by atoms with Gasteiger partial charge in [0.25, 0.3) is 0 Å². The molecule has 1 aliphatic rings. The number of nitrogens with zero attached hydrogens (tertiary/aromatic N) is 1. The van der Waals surface area contributed by atoms with Crippen LogP contribution in [0.25, 0.3) is 17.2 Å². The number of aromatic carboxylic acids is 1. The molecule has 24 heavy (non-hydrogen) atoms. The third kappa shape index (κ3) is 3.10. The van der Waals surface area contributed by atoms with Gasteiger partial charge in [0.05, 0.1) is 11.3 Å². The third-order valence-corrected chi connectivity index (χ3v) is 3.91. The average Bonchev–Trinajstić information content (AvgIpc) is 2.72. The van der Waals surface area contributed by atoms with Crippen LogP contribution in [0.2, 0.25) is 0 Å². The van der Waals surface area contributed by atoms with Crippen LogP contribution in [0.15, 0.2) is 53.0 Å². The van der Waals surface area contributed by atoms with Crippen LogP contribution in [0, 0.1) is 0 Å². The van der Waals surface area contributed by atoms with Gasteiger partial charge in [0.15, 0.2) is 5.78 Å². The maximum atomic E-state index is 11.7. The van der Waals surface area contributed by atoms with Crippen molar-refractivity contribution in [2.45, 2.75) is 13.3 Å². The number of carbonyl (C=O) groups excluding carboxylic acids is 1. The van der Waals surface area contributed by atoms with Crippen LogP contribution in [-0.4, -0.2) is 22.7 Å². The molecule has 0 aliphatic carbocycles. The van der Waals surface area contributed by atoms with Gasteiger partial charge >= 0.3 is 5.97 Å². The molecule has 0 atom stereocenters. The smallest absolute Gasteiger partial charge is 0.335 e. The second kappa shape index (κ2) is 6.12. The fourth-order valence-corrected chi connectivity index (χ4v) is 2.60. The second-order valence-electron chi connectivity index (χ2n) is 5.66. The molecule has 0 saturated heterocycles. The van der Waals surface area contributed by atoms with Crippen LogP contribution in [0.3, 0.4) is 0 Å². The SMILES string of the molecule is CC(=O)C1=Cc2ccc(-c3ccc(C(=O)O)cc3)cc2N=C(N)C1. The van der Waals surface area contributed by atoms with Gasteiger partial charge in [0.2, 0.25) is 0 Å². The molecule has 0 radical (unpaired) electrons. The summed E-state index contributed by atoms with van der Waals surface area (Å²) in [5, 5.41) is 8.97. The highest BCUT2D eigenvalue weighted by atomic mass is 16.4. The van der Waals surface area contributed by atoms with E-state index in [2.05, 4.69) is 4.99 Å². The Hall–Kier alpha value is -3.21. The van der Waals surface area contributed by atoms with E-state index in [1.807, 2.05) is 24.3 Å². The monoisotopic (exact) mass is 320 g/mol. The van der Waals surface area contributed by atoms with Gasteiger partial charge in [-0.25, -0.2) is 9.79 Å². The fraction of sp³-hybridized carbons (Fsp3) is 0.105. The molecule has 0 spiro atoms. The number of carboxylic acids is 1. The number of nitrogens with two attached hydrogens (primary N) is 1. The van der Waals surface area contributed by atoms with E-state index in [0.29, 0.717) is 23.5 Å². The van der Waals surface area contributed by atoms with Crippen LogP contribution >= 0.6 is 0 Å². The van der Waals surface area contributed by atoms with E-state index in [-0.39, 0.29) is 11.3 Å². The lowest BCUT2D eigenvalue weighted by atomic mass is 9.99. The molecule has 1 aliphatic heterocycles. The van der Waals surface area contributed by atoms with Gasteiger partial charge in [-0.2, -0.15) is 0 Å². The molecule has 3 N–H and O–H groups in total. The lowest BCUT2D eigenvalue weighted by Crippen LogP contribution is -2.13. The predicted octanol–water partition coefficient (Wildman–Crippen LogP) is 3.42. The van der Waals surface area contributed by atoms with Gasteiger partial charge in [0, 0.05) is 17.6 Å².